The quantitative estimate of drug-likeness (QED) is 0.153. The molecule has 13 heteroatoms. The molecule has 0 spiro atoms. The normalized spacial score (nSPS) is 13.3. The van der Waals surface area contributed by atoms with E-state index in [1.165, 1.54) is 18.3 Å². The Bertz CT molecular complexity index is 1690. The highest BCUT2D eigenvalue weighted by atomic mass is 16.6. The molecular formula is C28H29N7O6. The van der Waals surface area contributed by atoms with Crippen LogP contribution in [-0.2, 0) is 7.05 Å². The molecule has 0 atom stereocenters. The van der Waals surface area contributed by atoms with E-state index >= 15 is 0 Å². The van der Waals surface area contributed by atoms with Gasteiger partial charge in [0.1, 0.15) is 11.5 Å². The third kappa shape index (κ3) is 6.31. The molecule has 5 rings (SSSR count). The van der Waals surface area contributed by atoms with Crippen LogP contribution in [0.5, 0.6) is 0 Å². The minimum atomic E-state index is -0.714. The summed E-state index contributed by atoms with van der Waals surface area (Å²) in [6.45, 7) is 1.80. The van der Waals surface area contributed by atoms with Crippen molar-refractivity contribution in [1.82, 2.24) is 18.9 Å². The van der Waals surface area contributed by atoms with E-state index in [1.807, 2.05) is 70.1 Å². The molecule has 13 nitrogen and oxygen atoms in total. The lowest BCUT2D eigenvalue weighted by molar-refractivity contribution is -0.384. The van der Waals surface area contributed by atoms with Gasteiger partial charge >= 0.3 is 11.6 Å². The van der Waals surface area contributed by atoms with Crippen LogP contribution < -0.4 is 15.1 Å². The molecule has 0 saturated heterocycles. The van der Waals surface area contributed by atoms with Crippen molar-refractivity contribution in [3.8, 4) is 17.0 Å². The molecule has 1 aliphatic heterocycles. The van der Waals surface area contributed by atoms with E-state index in [1.54, 1.807) is 28.9 Å². The summed E-state index contributed by atoms with van der Waals surface area (Å²) in [6.07, 6.45) is 1.29. The van der Waals surface area contributed by atoms with Gasteiger partial charge in [-0.2, -0.15) is 5.10 Å². The Morgan fingerprint density at radius 2 is 1.68 bits per heavy atom. The minimum absolute atomic E-state index is 0.0111. The third-order valence-corrected chi connectivity index (χ3v) is 6.23. The standard InChI is InChI=1S/C14H10N4O5.C14H20N3O/c19-13-8-17(14(20)16-13)15-7-11-5-6-12(23-11)9-1-3-10(4-2-9)18(21)22;1-11-13(17(3,4)5)14(18)16(15(11)2)12-9-7-6-8-10-12/h1-7H,8H2,(H,16,19,20);6-10H,1-5H3/q;+1/p-1/b15-7+;. The number of non-ortho nitro benzene ring substituents is 1. The predicted molar refractivity (Wildman–Crippen MR) is 153 cm³/mol. The number of quaternary nitrogens is 1. The Kier molecular flexibility index (Phi) is 8.01. The van der Waals surface area contributed by atoms with Gasteiger partial charge in [0.05, 0.1) is 50.2 Å². The fraction of sp³-hybridized carbons (Fsp3) is 0.214. The minimum Gasteiger partial charge on any atom is -0.860 e. The van der Waals surface area contributed by atoms with E-state index in [9.17, 15) is 24.8 Å². The summed E-state index contributed by atoms with van der Waals surface area (Å²) < 4.78 is 9.68. The second-order valence-corrected chi connectivity index (χ2v) is 10.0. The number of benzene rings is 2. The highest BCUT2D eigenvalue weighted by Gasteiger charge is 2.27. The number of nitrogens with zero attached hydrogens (tertiary/aromatic N) is 7. The first-order chi connectivity index (χ1) is 19.4. The molecule has 0 bridgehead atoms. The maximum Gasteiger partial charge on any atom is 0.363 e. The lowest BCUT2D eigenvalue weighted by Crippen LogP contribution is -2.39. The molecule has 0 saturated carbocycles. The van der Waals surface area contributed by atoms with Crippen LogP contribution in [0.1, 0.15) is 11.5 Å². The van der Waals surface area contributed by atoms with Crippen LogP contribution in [0.3, 0.4) is 0 Å². The monoisotopic (exact) mass is 559 g/mol. The number of carbonyl (C=O) groups is 1. The Hall–Kier alpha value is -5.30. The number of nitro benzene ring substituents is 1. The van der Waals surface area contributed by atoms with Gasteiger partial charge in [-0.1, -0.05) is 18.2 Å². The van der Waals surface area contributed by atoms with E-state index < -0.39 is 16.9 Å². The van der Waals surface area contributed by atoms with E-state index in [-0.39, 0.29) is 17.8 Å². The highest BCUT2D eigenvalue weighted by molar-refractivity contribution is 5.96. The highest BCUT2D eigenvalue weighted by Crippen LogP contribution is 2.24. The topological polar surface area (TPSA) is 151 Å². The van der Waals surface area contributed by atoms with Crippen LogP contribution in [0.4, 0.5) is 16.2 Å². The maximum absolute atomic E-state index is 12.6. The van der Waals surface area contributed by atoms with E-state index in [0.29, 0.717) is 21.6 Å². The number of carbonyl (C=O) groups excluding carboxylic acids is 1. The van der Waals surface area contributed by atoms with Crippen LogP contribution >= 0.6 is 0 Å². The molecule has 1 aliphatic rings. The SMILES string of the molecule is Cc1c([N+](C)(C)C)c(=O)n(-c2ccccc2)n1C.O=C1N=C([O-])CN1/N=C/c1ccc(-c2ccc([N+](=O)[O-])cc2)o1. The third-order valence-electron chi connectivity index (χ3n) is 6.23. The van der Waals surface area contributed by atoms with Gasteiger partial charge in [-0.05, 0) is 49.2 Å². The number of aliphatic imine (C=N–C) groups is 1. The number of para-hydroxylation sites is 1. The molecule has 0 radical (unpaired) electrons. The number of rotatable bonds is 6. The number of hydrogen-bond acceptors (Lipinski definition) is 7. The molecule has 0 N–H and O–H groups in total. The van der Waals surface area contributed by atoms with Crippen molar-refractivity contribution in [2.45, 2.75) is 6.92 Å². The van der Waals surface area contributed by atoms with Crippen molar-refractivity contribution >= 4 is 29.5 Å². The van der Waals surface area contributed by atoms with Gasteiger partial charge in [-0.15, -0.1) is 0 Å². The van der Waals surface area contributed by atoms with Crippen molar-refractivity contribution < 1.29 is 19.2 Å². The zero-order valence-electron chi connectivity index (χ0n) is 23.2. The number of hydrogen-bond donors (Lipinski definition) is 0. The second-order valence-electron chi connectivity index (χ2n) is 10.0. The van der Waals surface area contributed by atoms with Crippen molar-refractivity contribution in [3.05, 3.63) is 98.7 Å². The first kappa shape index (κ1) is 28.7. The Balaban J connectivity index is 0.000000195. The van der Waals surface area contributed by atoms with Gasteiger partial charge in [0.15, 0.2) is 0 Å². The van der Waals surface area contributed by atoms with Crippen molar-refractivity contribution in [1.29, 1.82) is 0 Å². The van der Waals surface area contributed by atoms with E-state index in [0.717, 1.165) is 22.1 Å². The molecule has 212 valence electrons. The molecule has 0 aliphatic carbocycles. The summed E-state index contributed by atoms with van der Waals surface area (Å²) in [5.74, 6) is 0.318. The van der Waals surface area contributed by atoms with Gasteiger partial charge in [-0.25, -0.2) is 19.5 Å². The lowest BCUT2D eigenvalue weighted by Gasteiger charge is -2.21. The van der Waals surface area contributed by atoms with Gasteiger partial charge in [-0.3, -0.25) is 24.1 Å². The van der Waals surface area contributed by atoms with E-state index in [4.69, 9.17) is 4.42 Å². The molecule has 2 amide bonds. The molecule has 0 fully saturated rings. The number of amides is 2. The number of urea groups is 1. The summed E-state index contributed by atoms with van der Waals surface area (Å²) in [5.41, 5.74) is 3.42. The molecule has 0 unspecified atom stereocenters. The number of nitro groups is 1. The van der Waals surface area contributed by atoms with Gasteiger partial charge < -0.3 is 9.52 Å². The first-order valence-corrected chi connectivity index (χ1v) is 12.5. The fourth-order valence-electron chi connectivity index (χ4n) is 4.26. The number of hydrazone groups is 1. The van der Waals surface area contributed by atoms with Gasteiger partial charge in [0.25, 0.3) is 5.69 Å². The number of aromatic nitrogens is 2. The van der Waals surface area contributed by atoms with Crippen molar-refractivity contribution in [3.63, 3.8) is 0 Å². The molecular weight excluding hydrogens is 530 g/mol. The van der Waals surface area contributed by atoms with Crippen molar-refractivity contribution in [2.24, 2.45) is 17.1 Å². The smallest absolute Gasteiger partial charge is 0.363 e. The van der Waals surface area contributed by atoms with Crippen LogP contribution in [0.2, 0.25) is 0 Å². The van der Waals surface area contributed by atoms with E-state index in [2.05, 4.69) is 10.1 Å². The summed E-state index contributed by atoms with van der Waals surface area (Å²) in [7, 11) is 7.96. The average Bonchev–Trinajstić information content (AvgIpc) is 3.59. The van der Waals surface area contributed by atoms with Gasteiger partial charge in [0.2, 0.25) is 5.69 Å². The van der Waals surface area contributed by atoms with Crippen LogP contribution in [-0.4, -0.2) is 65.1 Å². The van der Waals surface area contributed by atoms with Crippen molar-refractivity contribution in [2.75, 3.05) is 27.7 Å². The molecule has 4 aromatic rings. The second kappa shape index (κ2) is 11.4. The predicted octanol–water partition coefficient (Wildman–Crippen LogP) is 3.06. The van der Waals surface area contributed by atoms with Crippen LogP contribution in [0.25, 0.3) is 17.0 Å². The largest absolute Gasteiger partial charge is 0.860 e. The Labute approximate surface area is 235 Å². The number of furan rings is 1. The zero-order valence-corrected chi connectivity index (χ0v) is 23.2. The van der Waals surface area contributed by atoms with Crippen LogP contribution in [0, 0.1) is 17.0 Å². The average molecular weight is 560 g/mol. The van der Waals surface area contributed by atoms with Crippen LogP contribution in [0.15, 0.2) is 86.0 Å². The molecule has 2 aromatic heterocycles. The Morgan fingerprint density at radius 3 is 2.22 bits per heavy atom. The maximum atomic E-state index is 12.6. The molecule has 41 heavy (non-hydrogen) atoms. The van der Waals surface area contributed by atoms with Gasteiger partial charge in [0, 0.05) is 24.7 Å². The summed E-state index contributed by atoms with van der Waals surface area (Å²) >= 11 is 0. The molecule has 2 aromatic carbocycles. The molecule has 3 heterocycles. The summed E-state index contributed by atoms with van der Waals surface area (Å²) in [4.78, 5) is 37.2. The fourth-order valence-corrected chi connectivity index (χ4v) is 4.26. The lowest BCUT2D eigenvalue weighted by atomic mass is 10.1. The summed E-state index contributed by atoms with van der Waals surface area (Å²) in [6, 6.07) is 18.2. The first-order valence-electron chi connectivity index (χ1n) is 12.5. The Morgan fingerprint density at radius 1 is 1.02 bits per heavy atom. The summed E-state index contributed by atoms with van der Waals surface area (Å²) in [5, 5.41) is 26.3. The zero-order chi connectivity index (χ0) is 29.9.